The molecule has 4 heteroatoms. The fourth-order valence-electron chi connectivity index (χ4n) is 3.72. The summed E-state index contributed by atoms with van der Waals surface area (Å²) >= 11 is 0. The Kier molecular flexibility index (Phi) is 24.4. The summed E-state index contributed by atoms with van der Waals surface area (Å²) in [6, 6.07) is 0. The summed E-state index contributed by atoms with van der Waals surface area (Å²) in [6.07, 6.45) is 32.3. The van der Waals surface area contributed by atoms with Crippen LogP contribution in [0.5, 0.6) is 0 Å². The minimum absolute atomic E-state index is 0.0805. The van der Waals surface area contributed by atoms with E-state index in [9.17, 15) is 9.59 Å². The molecule has 0 radical (unpaired) electrons. The fraction of sp³-hybridized carbons (Fsp3) is 0.786. The van der Waals surface area contributed by atoms with E-state index < -0.39 is 0 Å². The van der Waals surface area contributed by atoms with Gasteiger partial charge in [-0.1, -0.05) is 94.9 Å². The first kappa shape index (κ1) is 30.4. The summed E-state index contributed by atoms with van der Waals surface area (Å²) in [5.74, 6) is -0.167. The van der Waals surface area contributed by atoms with Gasteiger partial charge in [0.25, 0.3) is 0 Å². The van der Waals surface area contributed by atoms with Crippen molar-refractivity contribution < 1.29 is 19.1 Å². The van der Waals surface area contributed by atoms with E-state index in [0.29, 0.717) is 12.8 Å². The third-order valence-corrected chi connectivity index (χ3v) is 5.81. The van der Waals surface area contributed by atoms with Gasteiger partial charge in [-0.3, -0.25) is 9.59 Å². The largest absolute Gasteiger partial charge is 0.469 e. The van der Waals surface area contributed by atoms with Crippen molar-refractivity contribution in [1.82, 2.24) is 0 Å². The Labute approximate surface area is 198 Å². The maximum absolute atomic E-state index is 11.0. The van der Waals surface area contributed by atoms with E-state index in [2.05, 4.69) is 33.8 Å². The van der Waals surface area contributed by atoms with Crippen LogP contribution in [0.1, 0.15) is 128 Å². The molecule has 0 bridgehead atoms. The highest BCUT2D eigenvalue weighted by Crippen LogP contribution is 2.12. The van der Waals surface area contributed by atoms with Crippen molar-refractivity contribution in [2.24, 2.45) is 0 Å². The number of hydrogen-bond acceptors (Lipinski definition) is 4. The van der Waals surface area contributed by atoms with Crippen LogP contribution in [0, 0.1) is 0 Å². The Morgan fingerprint density at radius 1 is 0.469 bits per heavy atom. The highest BCUT2D eigenvalue weighted by Gasteiger charge is 1.99. The predicted molar refractivity (Wildman–Crippen MR) is 135 cm³/mol. The summed E-state index contributed by atoms with van der Waals surface area (Å²) in [7, 11) is 2.91. The van der Waals surface area contributed by atoms with Gasteiger partial charge in [-0.25, -0.2) is 0 Å². The Bertz CT molecular complexity index is 482. The fourth-order valence-corrected chi connectivity index (χ4v) is 3.72. The van der Waals surface area contributed by atoms with Gasteiger partial charge in [-0.05, 0) is 44.9 Å². The second-order valence-corrected chi connectivity index (χ2v) is 8.71. The van der Waals surface area contributed by atoms with Crippen LogP contribution < -0.4 is 0 Å². The number of carbonyl (C=O) groups excluding carboxylic acids is 2. The molecule has 4 nitrogen and oxygen atoms in total. The predicted octanol–water partition coefficient (Wildman–Crippen LogP) is 8.25. The maximum atomic E-state index is 11.0. The molecule has 0 aliphatic rings. The summed E-state index contributed by atoms with van der Waals surface area (Å²) in [5, 5.41) is 0. The van der Waals surface area contributed by atoms with E-state index in [0.717, 1.165) is 32.1 Å². The van der Waals surface area contributed by atoms with E-state index >= 15 is 0 Å². The van der Waals surface area contributed by atoms with Gasteiger partial charge in [0, 0.05) is 12.8 Å². The molecule has 0 saturated heterocycles. The molecule has 186 valence electrons. The van der Waals surface area contributed by atoms with E-state index in [1.165, 1.54) is 97.7 Å². The summed E-state index contributed by atoms with van der Waals surface area (Å²) in [5.41, 5.74) is 0. The second kappa shape index (κ2) is 25.7. The Hall–Kier alpha value is -1.58. The van der Waals surface area contributed by atoms with Crippen LogP contribution in [-0.4, -0.2) is 26.2 Å². The lowest BCUT2D eigenvalue weighted by Gasteiger charge is -2.02. The standard InChI is InChI=1S/C28H50O4/c1-31-27(29)25-23-21-19-17-15-13-11-9-7-5-3-4-6-8-10-12-14-16-18-20-22-24-26-28(30)32-2/h3-4,7,9H,5-6,8,10-26H2,1-2H3. The Morgan fingerprint density at radius 2 is 0.781 bits per heavy atom. The molecule has 0 atom stereocenters. The summed E-state index contributed by atoms with van der Waals surface area (Å²) in [6.45, 7) is 0. The van der Waals surface area contributed by atoms with Crippen LogP contribution in [-0.2, 0) is 19.1 Å². The lowest BCUT2D eigenvalue weighted by atomic mass is 10.1. The van der Waals surface area contributed by atoms with Gasteiger partial charge in [-0.15, -0.1) is 0 Å². The summed E-state index contributed by atoms with van der Waals surface area (Å²) < 4.78 is 9.30. The molecule has 0 saturated carbocycles. The second-order valence-electron chi connectivity index (χ2n) is 8.71. The Balaban J connectivity index is 3.21. The van der Waals surface area contributed by atoms with Gasteiger partial charge in [0.05, 0.1) is 14.2 Å². The van der Waals surface area contributed by atoms with Crippen molar-refractivity contribution in [2.45, 2.75) is 128 Å². The molecular weight excluding hydrogens is 400 g/mol. The minimum Gasteiger partial charge on any atom is -0.469 e. The third kappa shape index (κ3) is 24.7. The third-order valence-electron chi connectivity index (χ3n) is 5.81. The number of allylic oxidation sites excluding steroid dienone is 4. The molecule has 0 fully saturated rings. The van der Waals surface area contributed by atoms with Crippen molar-refractivity contribution >= 4 is 11.9 Å². The lowest BCUT2D eigenvalue weighted by Crippen LogP contribution is -1.99. The topological polar surface area (TPSA) is 52.6 Å². The molecule has 0 amide bonds. The minimum atomic E-state index is -0.0860. The Morgan fingerprint density at radius 3 is 1.12 bits per heavy atom. The molecule has 0 aliphatic heterocycles. The van der Waals surface area contributed by atoms with Crippen molar-refractivity contribution in [3.8, 4) is 0 Å². The van der Waals surface area contributed by atoms with Crippen LogP contribution in [0.4, 0.5) is 0 Å². The molecule has 0 unspecified atom stereocenters. The van der Waals surface area contributed by atoms with E-state index in [1.807, 2.05) is 0 Å². The van der Waals surface area contributed by atoms with E-state index in [1.54, 1.807) is 0 Å². The highest BCUT2D eigenvalue weighted by molar-refractivity contribution is 5.69. The smallest absolute Gasteiger partial charge is 0.305 e. The number of ether oxygens (including phenoxy) is 2. The van der Waals surface area contributed by atoms with Gasteiger partial charge < -0.3 is 9.47 Å². The first-order valence-corrected chi connectivity index (χ1v) is 13.1. The lowest BCUT2D eigenvalue weighted by molar-refractivity contribution is -0.141. The average Bonchev–Trinajstić information content (AvgIpc) is 2.81. The summed E-state index contributed by atoms with van der Waals surface area (Å²) in [4.78, 5) is 22.0. The molecule has 0 N–H and O–H groups in total. The molecule has 32 heavy (non-hydrogen) atoms. The number of carbonyl (C=O) groups is 2. The molecule has 0 aromatic carbocycles. The zero-order valence-electron chi connectivity index (χ0n) is 21.1. The van der Waals surface area contributed by atoms with Crippen LogP contribution >= 0.6 is 0 Å². The van der Waals surface area contributed by atoms with Crippen LogP contribution in [0.15, 0.2) is 24.3 Å². The van der Waals surface area contributed by atoms with Crippen molar-refractivity contribution in [2.75, 3.05) is 14.2 Å². The van der Waals surface area contributed by atoms with E-state index in [-0.39, 0.29) is 11.9 Å². The zero-order chi connectivity index (χ0) is 23.5. The van der Waals surface area contributed by atoms with Crippen LogP contribution in [0.3, 0.4) is 0 Å². The van der Waals surface area contributed by atoms with Gasteiger partial charge >= 0.3 is 11.9 Å². The molecular formula is C28H50O4. The SMILES string of the molecule is COC(=O)CCCCCCCCC=CCC=CCCCCCCCCCCCC(=O)OC. The number of rotatable bonds is 23. The molecule has 0 spiro atoms. The zero-order valence-corrected chi connectivity index (χ0v) is 21.1. The number of unbranched alkanes of at least 4 members (excludes halogenated alkanes) is 15. The maximum Gasteiger partial charge on any atom is 0.305 e. The molecule has 0 heterocycles. The number of esters is 2. The first-order chi connectivity index (χ1) is 15.7. The van der Waals surface area contributed by atoms with Gasteiger partial charge in [0.2, 0.25) is 0 Å². The molecule has 0 aromatic rings. The van der Waals surface area contributed by atoms with Gasteiger partial charge in [0.15, 0.2) is 0 Å². The average molecular weight is 451 g/mol. The van der Waals surface area contributed by atoms with Crippen LogP contribution in [0.2, 0.25) is 0 Å². The number of methoxy groups -OCH3 is 2. The van der Waals surface area contributed by atoms with Gasteiger partial charge in [-0.2, -0.15) is 0 Å². The number of hydrogen-bond donors (Lipinski definition) is 0. The van der Waals surface area contributed by atoms with Crippen LogP contribution in [0.25, 0.3) is 0 Å². The first-order valence-electron chi connectivity index (χ1n) is 13.1. The van der Waals surface area contributed by atoms with E-state index in [4.69, 9.17) is 0 Å². The molecule has 0 aromatic heterocycles. The normalized spacial score (nSPS) is 11.4. The molecule has 0 rings (SSSR count). The highest BCUT2D eigenvalue weighted by atomic mass is 16.5. The van der Waals surface area contributed by atoms with Crippen molar-refractivity contribution in [3.05, 3.63) is 24.3 Å². The van der Waals surface area contributed by atoms with Crippen molar-refractivity contribution in [3.63, 3.8) is 0 Å². The quantitative estimate of drug-likeness (QED) is 0.0893. The molecule has 0 aliphatic carbocycles. The van der Waals surface area contributed by atoms with Crippen molar-refractivity contribution in [1.29, 1.82) is 0 Å². The monoisotopic (exact) mass is 450 g/mol. The van der Waals surface area contributed by atoms with Gasteiger partial charge in [0.1, 0.15) is 0 Å².